The first-order valence-electron chi connectivity index (χ1n) is 5.88. The topological polar surface area (TPSA) is 20.3 Å². The summed E-state index contributed by atoms with van der Waals surface area (Å²) in [6, 6.07) is 10.5. The highest BCUT2D eigenvalue weighted by molar-refractivity contribution is 6.24. The van der Waals surface area contributed by atoms with E-state index in [1.54, 1.807) is 24.3 Å². The van der Waals surface area contributed by atoms with Gasteiger partial charge >= 0.3 is 6.18 Å². The maximum absolute atomic E-state index is 12.3. The number of hydrogen-bond donors (Lipinski definition) is 0. The summed E-state index contributed by atoms with van der Waals surface area (Å²) in [5, 5.41) is 1.62. The number of hydrogen-bond acceptors (Lipinski definition) is 1. The molecule has 0 bridgehead atoms. The Morgan fingerprint density at radius 1 is 1.05 bits per heavy atom. The molecule has 1 aliphatic rings. The Kier molecular flexibility index (Phi) is 2.52. The van der Waals surface area contributed by atoms with Crippen LogP contribution in [0.5, 0.6) is 0 Å². The molecular weight excluding hydrogens is 255 g/mol. The van der Waals surface area contributed by atoms with E-state index < -0.39 is 12.6 Å². The standard InChI is InChI=1S/C14H10F3NO/c15-14(16,17)7-8-18-11-6-2-4-9-3-1-5-10(12(9)11)13(18)19/h1-6H,7-8H2. The molecule has 98 valence electrons. The number of nitrogens with zero attached hydrogens (tertiary/aromatic N) is 1. The van der Waals surface area contributed by atoms with Crippen molar-refractivity contribution in [1.29, 1.82) is 0 Å². The lowest BCUT2D eigenvalue weighted by molar-refractivity contribution is -0.132. The van der Waals surface area contributed by atoms with E-state index in [-0.39, 0.29) is 12.5 Å². The average molecular weight is 265 g/mol. The third-order valence-electron chi connectivity index (χ3n) is 3.27. The summed E-state index contributed by atoms with van der Waals surface area (Å²) in [5.74, 6) is -0.351. The van der Waals surface area contributed by atoms with E-state index >= 15 is 0 Å². The summed E-state index contributed by atoms with van der Waals surface area (Å²) >= 11 is 0. The maximum atomic E-state index is 12.3. The van der Waals surface area contributed by atoms with Crippen molar-refractivity contribution >= 4 is 22.4 Å². The van der Waals surface area contributed by atoms with Crippen molar-refractivity contribution in [3.8, 4) is 0 Å². The number of halogens is 3. The molecule has 0 unspecified atom stereocenters. The van der Waals surface area contributed by atoms with Crippen LogP contribution in [0, 0.1) is 0 Å². The molecule has 0 saturated heterocycles. The van der Waals surface area contributed by atoms with E-state index in [0.29, 0.717) is 11.3 Å². The van der Waals surface area contributed by atoms with Crippen LogP contribution >= 0.6 is 0 Å². The minimum atomic E-state index is -4.26. The van der Waals surface area contributed by atoms with Gasteiger partial charge in [-0.2, -0.15) is 13.2 Å². The number of alkyl halides is 3. The summed E-state index contributed by atoms with van der Waals surface area (Å²) in [6.45, 7) is -0.337. The Hall–Kier alpha value is -2.04. The average Bonchev–Trinajstić information content (AvgIpc) is 2.62. The lowest BCUT2D eigenvalue weighted by Gasteiger charge is -2.18. The van der Waals surface area contributed by atoms with E-state index in [1.807, 2.05) is 12.1 Å². The van der Waals surface area contributed by atoms with Crippen molar-refractivity contribution in [2.75, 3.05) is 11.4 Å². The Morgan fingerprint density at radius 3 is 2.42 bits per heavy atom. The van der Waals surface area contributed by atoms with Gasteiger partial charge in [0.1, 0.15) is 0 Å². The summed E-state index contributed by atoms with van der Waals surface area (Å²) in [6.07, 6.45) is -5.26. The number of carbonyl (C=O) groups is 1. The quantitative estimate of drug-likeness (QED) is 0.809. The molecule has 2 nitrogen and oxygen atoms in total. The van der Waals surface area contributed by atoms with E-state index in [4.69, 9.17) is 0 Å². The van der Waals surface area contributed by atoms with Crippen LogP contribution in [0.1, 0.15) is 16.8 Å². The first-order chi connectivity index (χ1) is 8.97. The molecule has 1 aliphatic heterocycles. The molecule has 0 fully saturated rings. The molecule has 2 aromatic rings. The smallest absolute Gasteiger partial charge is 0.307 e. The van der Waals surface area contributed by atoms with Crippen LogP contribution in [0.15, 0.2) is 36.4 Å². The van der Waals surface area contributed by atoms with E-state index in [2.05, 4.69) is 0 Å². The number of benzene rings is 2. The van der Waals surface area contributed by atoms with E-state index in [9.17, 15) is 18.0 Å². The zero-order valence-electron chi connectivity index (χ0n) is 9.87. The van der Waals surface area contributed by atoms with Crippen molar-refractivity contribution in [2.45, 2.75) is 12.6 Å². The highest BCUT2D eigenvalue weighted by Gasteiger charge is 2.34. The fraction of sp³-hybridized carbons (Fsp3) is 0.214. The van der Waals surface area contributed by atoms with Crippen molar-refractivity contribution in [3.63, 3.8) is 0 Å². The molecule has 0 atom stereocenters. The van der Waals surface area contributed by atoms with E-state index in [1.165, 1.54) is 4.90 Å². The van der Waals surface area contributed by atoms with Gasteiger partial charge in [0.15, 0.2) is 0 Å². The van der Waals surface area contributed by atoms with Crippen LogP contribution < -0.4 is 4.90 Å². The Labute approximate surface area is 107 Å². The number of amides is 1. The molecule has 0 aromatic heterocycles. The van der Waals surface area contributed by atoms with Gasteiger partial charge in [0.05, 0.1) is 12.1 Å². The summed E-state index contributed by atoms with van der Waals surface area (Å²) in [4.78, 5) is 13.4. The van der Waals surface area contributed by atoms with Crippen LogP contribution in [-0.2, 0) is 0 Å². The monoisotopic (exact) mass is 265 g/mol. The van der Waals surface area contributed by atoms with Gasteiger partial charge in [-0.15, -0.1) is 0 Å². The van der Waals surface area contributed by atoms with Crippen LogP contribution in [0.4, 0.5) is 18.9 Å². The molecular formula is C14H10F3NO. The molecule has 3 rings (SSSR count). The number of carbonyl (C=O) groups excluding carboxylic acids is 1. The molecule has 0 saturated carbocycles. The predicted octanol–water partition coefficient (Wildman–Crippen LogP) is 3.75. The minimum Gasteiger partial charge on any atom is -0.307 e. The lowest BCUT2D eigenvalue weighted by atomic mass is 10.1. The van der Waals surface area contributed by atoms with Gasteiger partial charge in [0.2, 0.25) is 0 Å². The molecule has 2 aromatic carbocycles. The maximum Gasteiger partial charge on any atom is 0.390 e. The summed E-state index contributed by atoms with van der Waals surface area (Å²) < 4.78 is 37.0. The van der Waals surface area contributed by atoms with Crippen LogP contribution in [0.3, 0.4) is 0 Å². The second-order valence-corrected chi connectivity index (χ2v) is 4.50. The summed E-state index contributed by atoms with van der Waals surface area (Å²) in [7, 11) is 0. The molecule has 0 N–H and O–H groups in total. The zero-order valence-corrected chi connectivity index (χ0v) is 9.87. The van der Waals surface area contributed by atoms with Crippen LogP contribution in [0.25, 0.3) is 10.8 Å². The fourth-order valence-corrected chi connectivity index (χ4v) is 2.44. The summed E-state index contributed by atoms with van der Waals surface area (Å²) in [5.41, 5.74) is 1.05. The first-order valence-corrected chi connectivity index (χ1v) is 5.88. The molecule has 0 aliphatic carbocycles. The lowest BCUT2D eigenvalue weighted by Crippen LogP contribution is -2.30. The second kappa shape index (κ2) is 3.98. The predicted molar refractivity (Wildman–Crippen MR) is 66.3 cm³/mol. The SMILES string of the molecule is O=C1c2cccc3cccc(c23)N1CCC(F)(F)F. The first kappa shape index (κ1) is 12.0. The van der Waals surface area contributed by atoms with Gasteiger partial charge in [0.25, 0.3) is 5.91 Å². The molecule has 0 radical (unpaired) electrons. The highest BCUT2D eigenvalue weighted by atomic mass is 19.4. The third-order valence-corrected chi connectivity index (χ3v) is 3.27. The van der Waals surface area contributed by atoms with Crippen molar-refractivity contribution < 1.29 is 18.0 Å². The van der Waals surface area contributed by atoms with E-state index in [0.717, 1.165) is 10.8 Å². The highest BCUT2D eigenvalue weighted by Crippen LogP contribution is 2.37. The van der Waals surface area contributed by atoms with Gasteiger partial charge in [-0.05, 0) is 17.5 Å². The van der Waals surface area contributed by atoms with Gasteiger partial charge < -0.3 is 4.90 Å². The van der Waals surface area contributed by atoms with Gasteiger partial charge in [-0.3, -0.25) is 4.79 Å². The molecule has 5 heteroatoms. The molecule has 1 heterocycles. The van der Waals surface area contributed by atoms with Crippen LogP contribution in [0.2, 0.25) is 0 Å². The number of anilines is 1. The zero-order chi connectivity index (χ0) is 13.6. The Morgan fingerprint density at radius 2 is 1.74 bits per heavy atom. The number of rotatable bonds is 2. The third kappa shape index (κ3) is 1.95. The van der Waals surface area contributed by atoms with Crippen molar-refractivity contribution in [2.24, 2.45) is 0 Å². The largest absolute Gasteiger partial charge is 0.390 e. The van der Waals surface area contributed by atoms with Gasteiger partial charge in [0, 0.05) is 17.5 Å². The van der Waals surface area contributed by atoms with Gasteiger partial charge in [-0.25, -0.2) is 0 Å². The second-order valence-electron chi connectivity index (χ2n) is 4.50. The normalized spacial score (nSPS) is 14.5. The van der Waals surface area contributed by atoms with Crippen molar-refractivity contribution in [1.82, 2.24) is 0 Å². The molecule has 1 amide bonds. The fourth-order valence-electron chi connectivity index (χ4n) is 2.44. The minimum absolute atomic E-state index is 0.337. The Bertz CT molecular complexity index is 658. The molecule has 0 spiro atoms. The molecule has 19 heavy (non-hydrogen) atoms. The van der Waals surface area contributed by atoms with Crippen LogP contribution in [-0.4, -0.2) is 18.6 Å². The Balaban J connectivity index is 2.03. The van der Waals surface area contributed by atoms with Gasteiger partial charge in [-0.1, -0.05) is 24.3 Å². The van der Waals surface area contributed by atoms with Crippen molar-refractivity contribution in [3.05, 3.63) is 42.0 Å².